The summed E-state index contributed by atoms with van der Waals surface area (Å²) < 4.78 is 9.06. The highest BCUT2D eigenvalue weighted by Gasteiger charge is 2.10. The van der Waals surface area contributed by atoms with Crippen LogP contribution in [-0.4, -0.2) is 36.2 Å². The van der Waals surface area contributed by atoms with Gasteiger partial charge in [0.15, 0.2) is 0 Å². The van der Waals surface area contributed by atoms with Crippen molar-refractivity contribution in [1.29, 1.82) is 0 Å². The van der Waals surface area contributed by atoms with E-state index in [0.717, 1.165) is 45.3 Å². The number of rotatable bonds is 6. The molecule has 1 aromatic carbocycles. The average molecular weight is 411 g/mol. The maximum Gasteiger partial charge on any atom is 0.140 e. The van der Waals surface area contributed by atoms with Crippen LogP contribution in [0.4, 0.5) is 5.82 Å². The molecule has 0 amide bonds. The lowest BCUT2D eigenvalue weighted by atomic mass is 10.1. The Morgan fingerprint density at radius 1 is 1.00 bits per heavy atom. The second-order valence-electron chi connectivity index (χ2n) is 7.18. The standard InChI is InChI=1S/C23H21N7O/c1-29-14-18(12-28-29)17-5-3-4-16(8-17)11-24-22-10-20(26-15-27-22)21-13-25-23-9-19(31-2)6-7-30(21)23/h3-10,12-15H,11H2,1-2H3,(H,24,26,27). The molecule has 4 aromatic heterocycles. The third-order valence-corrected chi connectivity index (χ3v) is 5.09. The van der Waals surface area contributed by atoms with Gasteiger partial charge in [-0.2, -0.15) is 5.10 Å². The number of ether oxygens (including phenoxy) is 1. The van der Waals surface area contributed by atoms with Crippen molar-refractivity contribution in [1.82, 2.24) is 29.1 Å². The Kier molecular flexibility index (Phi) is 4.80. The fourth-order valence-electron chi connectivity index (χ4n) is 3.50. The fraction of sp³-hybridized carbons (Fsp3) is 0.130. The number of hydrogen-bond acceptors (Lipinski definition) is 6. The van der Waals surface area contributed by atoms with Gasteiger partial charge in [0.1, 0.15) is 23.5 Å². The highest BCUT2D eigenvalue weighted by atomic mass is 16.5. The second kappa shape index (κ2) is 7.91. The zero-order valence-electron chi connectivity index (χ0n) is 17.2. The first kappa shape index (κ1) is 18.8. The van der Waals surface area contributed by atoms with Crippen molar-refractivity contribution in [2.75, 3.05) is 12.4 Å². The van der Waals surface area contributed by atoms with Crippen molar-refractivity contribution in [3.8, 4) is 28.3 Å². The first-order chi connectivity index (χ1) is 15.2. The number of aryl methyl sites for hydroxylation is 1. The molecule has 0 unspecified atom stereocenters. The monoisotopic (exact) mass is 411 g/mol. The lowest BCUT2D eigenvalue weighted by molar-refractivity contribution is 0.414. The van der Waals surface area contributed by atoms with E-state index in [0.29, 0.717) is 6.54 Å². The molecule has 0 saturated carbocycles. The Labute approximate surface area is 179 Å². The van der Waals surface area contributed by atoms with Gasteiger partial charge in [-0.3, -0.25) is 9.08 Å². The molecule has 0 aliphatic carbocycles. The molecule has 31 heavy (non-hydrogen) atoms. The average Bonchev–Trinajstić information content (AvgIpc) is 3.44. The maximum absolute atomic E-state index is 5.27. The maximum atomic E-state index is 5.27. The molecule has 4 heterocycles. The van der Waals surface area contributed by atoms with E-state index >= 15 is 0 Å². The van der Waals surface area contributed by atoms with Crippen LogP contribution in [0.1, 0.15) is 5.56 Å². The molecule has 1 N–H and O–H groups in total. The van der Waals surface area contributed by atoms with Crippen LogP contribution in [0.15, 0.2) is 73.6 Å². The summed E-state index contributed by atoms with van der Waals surface area (Å²) in [5, 5.41) is 7.64. The van der Waals surface area contributed by atoms with E-state index in [1.807, 2.05) is 48.2 Å². The molecule has 0 aliphatic heterocycles. The van der Waals surface area contributed by atoms with Gasteiger partial charge in [-0.25, -0.2) is 15.0 Å². The summed E-state index contributed by atoms with van der Waals surface area (Å²) in [4.78, 5) is 13.3. The van der Waals surface area contributed by atoms with Crippen molar-refractivity contribution in [3.05, 3.63) is 79.1 Å². The third-order valence-electron chi connectivity index (χ3n) is 5.09. The molecule has 0 radical (unpaired) electrons. The van der Waals surface area contributed by atoms with Crippen LogP contribution >= 0.6 is 0 Å². The lowest BCUT2D eigenvalue weighted by Crippen LogP contribution is -2.02. The molecule has 0 atom stereocenters. The number of hydrogen-bond donors (Lipinski definition) is 1. The predicted molar refractivity (Wildman–Crippen MR) is 119 cm³/mol. The van der Waals surface area contributed by atoms with Gasteiger partial charge in [-0.15, -0.1) is 0 Å². The highest BCUT2D eigenvalue weighted by Crippen LogP contribution is 2.24. The Bertz CT molecular complexity index is 1360. The van der Waals surface area contributed by atoms with Gasteiger partial charge in [0.2, 0.25) is 0 Å². The molecule has 5 aromatic rings. The van der Waals surface area contributed by atoms with Crippen molar-refractivity contribution >= 4 is 11.5 Å². The Balaban J connectivity index is 1.36. The summed E-state index contributed by atoms with van der Waals surface area (Å²) in [6, 6.07) is 14.1. The van der Waals surface area contributed by atoms with Crippen LogP contribution in [0.5, 0.6) is 5.75 Å². The van der Waals surface area contributed by atoms with Gasteiger partial charge < -0.3 is 10.1 Å². The number of anilines is 1. The highest BCUT2D eigenvalue weighted by molar-refractivity contribution is 5.64. The van der Waals surface area contributed by atoms with Crippen LogP contribution in [0.3, 0.4) is 0 Å². The Hall–Kier alpha value is -4.20. The third kappa shape index (κ3) is 3.83. The first-order valence-corrected chi connectivity index (χ1v) is 9.85. The molecule has 0 fully saturated rings. The number of methoxy groups -OCH3 is 1. The van der Waals surface area contributed by atoms with E-state index in [-0.39, 0.29) is 0 Å². The Morgan fingerprint density at radius 2 is 1.94 bits per heavy atom. The molecule has 0 saturated heterocycles. The van der Waals surface area contributed by atoms with Gasteiger partial charge in [-0.1, -0.05) is 18.2 Å². The number of nitrogens with zero attached hydrogens (tertiary/aromatic N) is 6. The van der Waals surface area contributed by atoms with E-state index in [1.165, 1.54) is 0 Å². The van der Waals surface area contributed by atoms with Crippen LogP contribution in [0, 0.1) is 0 Å². The molecular formula is C23H21N7O. The number of fused-ring (bicyclic) bond motifs is 1. The molecule has 8 heteroatoms. The van der Waals surface area contributed by atoms with E-state index in [2.05, 4.69) is 49.6 Å². The topological polar surface area (TPSA) is 82.2 Å². The summed E-state index contributed by atoms with van der Waals surface area (Å²) in [5.41, 5.74) is 5.87. The largest absolute Gasteiger partial charge is 0.497 e. The van der Waals surface area contributed by atoms with Crippen molar-refractivity contribution < 1.29 is 4.74 Å². The molecular weight excluding hydrogens is 390 g/mol. The van der Waals surface area contributed by atoms with Crippen molar-refractivity contribution in [2.24, 2.45) is 7.05 Å². The van der Waals surface area contributed by atoms with E-state index in [1.54, 1.807) is 24.3 Å². The van der Waals surface area contributed by atoms with E-state index < -0.39 is 0 Å². The van der Waals surface area contributed by atoms with Crippen LogP contribution in [0.2, 0.25) is 0 Å². The van der Waals surface area contributed by atoms with E-state index in [9.17, 15) is 0 Å². The first-order valence-electron chi connectivity index (χ1n) is 9.85. The van der Waals surface area contributed by atoms with Gasteiger partial charge in [0.05, 0.1) is 30.9 Å². The summed E-state index contributed by atoms with van der Waals surface area (Å²) in [6.07, 6.45) is 9.17. The number of aromatic nitrogens is 6. The summed E-state index contributed by atoms with van der Waals surface area (Å²) in [6.45, 7) is 0.648. The minimum Gasteiger partial charge on any atom is -0.497 e. The Morgan fingerprint density at radius 3 is 2.77 bits per heavy atom. The van der Waals surface area contributed by atoms with Crippen molar-refractivity contribution in [3.63, 3.8) is 0 Å². The zero-order valence-corrected chi connectivity index (χ0v) is 17.2. The van der Waals surface area contributed by atoms with Gasteiger partial charge in [0.25, 0.3) is 0 Å². The fourth-order valence-corrected chi connectivity index (χ4v) is 3.50. The quantitative estimate of drug-likeness (QED) is 0.458. The number of nitrogens with one attached hydrogen (secondary N) is 1. The van der Waals surface area contributed by atoms with E-state index in [4.69, 9.17) is 4.74 Å². The summed E-state index contributed by atoms with van der Waals surface area (Å²) in [5.74, 6) is 1.52. The molecule has 8 nitrogen and oxygen atoms in total. The summed E-state index contributed by atoms with van der Waals surface area (Å²) in [7, 11) is 3.56. The zero-order chi connectivity index (χ0) is 21.2. The smallest absolute Gasteiger partial charge is 0.140 e. The molecule has 0 bridgehead atoms. The SMILES string of the molecule is COc1ccn2c(-c3cc(NCc4cccc(-c5cnn(C)c5)c4)ncn3)cnc2c1. The van der Waals surface area contributed by atoms with Crippen molar-refractivity contribution in [2.45, 2.75) is 6.54 Å². The molecule has 154 valence electrons. The van der Waals surface area contributed by atoms with Crippen LogP contribution < -0.4 is 10.1 Å². The van der Waals surface area contributed by atoms with Crippen LogP contribution in [0.25, 0.3) is 28.2 Å². The number of imidazole rings is 1. The molecule has 0 aliphatic rings. The summed E-state index contributed by atoms with van der Waals surface area (Å²) >= 11 is 0. The minimum absolute atomic E-state index is 0.648. The van der Waals surface area contributed by atoms with Gasteiger partial charge in [0, 0.05) is 43.7 Å². The lowest BCUT2D eigenvalue weighted by Gasteiger charge is -2.08. The number of benzene rings is 1. The van der Waals surface area contributed by atoms with Crippen LogP contribution in [-0.2, 0) is 13.6 Å². The minimum atomic E-state index is 0.648. The molecule has 5 rings (SSSR count). The van der Waals surface area contributed by atoms with Gasteiger partial charge >= 0.3 is 0 Å². The van der Waals surface area contributed by atoms with Gasteiger partial charge in [-0.05, 0) is 23.3 Å². The second-order valence-corrected chi connectivity index (χ2v) is 7.18. The molecule has 0 spiro atoms. The number of pyridine rings is 1. The normalized spacial score (nSPS) is 11.0. The predicted octanol–water partition coefficient (Wildman–Crippen LogP) is 3.81.